The number of amides is 1. The van der Waals surface area contributed by atoms with Crippen molar-refractivity contribution in [3.63, 3.8) is 0 Å². The summed E-state index contributed by atoms with van der Waals surface area (Å²) in [6, 6.07) is 11.9. The molecule has 4 nitrogen and oxygen atoms in total. The van der Waals surface area contributed by atoms with Crippen LogP contribution in [0.15, 0.2) is 46.9 Å². The first-order chi connectivity index (χ1) is 10.5. The maximum absolute atomic E-state index is 13.8. The molecule has 1 aromatic heterocycles. The van der Waals surface area contributed by atoms with Crippen LogP contribution in [0.2, 0.25) is 0 Å². The number of benzene rings is 2. The summed E-state index contributed by atoms with van der Waals surface area (Å²) in [5.41, 5.74) is 1.78. The zero-order valence-corrected chi connectivity index (χ0v) is 13.4. The van der Waals surface area contributed by atoms with Crippen molar-refractivity contribution in [3.05, 3.63) is 64.1 Å². The number of nitrogens with zero attached hydrogens (tertiary/aromatic N) is 2. The van der Waals surface area contributed by atoms with Crippen LogP contribution in [-0.4, -0.2) is 27.8 Å². The average molecular weight is 362 g/mol. The summed E-state index contributed by atoms with van der Waals surface area (Å²) < 4.78 is 14.5. The van der Waals surface area contributed by atoms with Crippen molar-refractivity contribution in [2.24, 2.45) is 0 Å². The lowest BCUT2D eigenvalue weighted by Crippen LogP contribution is -2.27. The van der Waals surface area contributed by atoms with E-state index in [9.17, 15) is 9.18 Å². The Morgan fingerprint density at radius 1 is 1.32 bits per heavy atom. The summed E-state index contributed by atoms with van der Waals surface area (Å²) in [6.45, 7) is 0.277. The van der Waals surface area contributed by atoms with E-state index in [1.807, 2.05) is 24.3 Å². The van der Waals surface area contributed by atoms with Crippen LogP contribution in [-0.2, 0) is 6.54 Å². The Bertz CT molecular complexity index is 813. The smallest absolute Gasteiger partial charge is 0.257 e. The Kier molecular flexibility index (Phi) is 3.94. The number of rotatable bonds is 3. The third kappa shape index (κ3) is 2.87. The van der Waals surface area contributed by atoms with Crippen molar-refractivity contribution in [2.45, 2.75) is 6.54 Å². The van der Waals surface area contributed by atoms with Crippen LogP contribution >= 0.6 is 15.9 Å². The fraction of sp³-hybridized carbons (Fsp3) is 0.125. The van der Waals surface area contributed by atoms with Crippen molar-refractivity contribution < 1.29 is 9.18 Å². The second-order valence-corrected chi connectivity index (χ2v) is 5.90. The van der Waals surface area contributed by atoms with Gasteiger partial charge in [-0.25, -0.2) is 9.37 Å². The topological polar surface area (TPSA) is 49.0 Å². The van der Waals surface area contributed by atoms with Crippen molar-refractivity contribution in [1.82, 2.24) is 14.9 Å². The molecule has 0 aliphatic heterocycles. The van der Waals surface area contributed by atoms with Gasteiger partial charge in [-0.3, -0.25) is 4.79 Å². The molecule has 3 aromatic rings. The van der Waals surface area contributed by atoms with E-state index in [1.54, 1.807) is 13.1 Å². The Morgan fingerprint density at radius 3 is 2.86 bits per heavy atom. The Balaban J connectivity index is 1.82. The molecule has 1 amide bonds. The van der Waals surface area contributed by atoms with Crippen LogP contribution in [0, 0.1) is 5.82 Å². The predicted molar refractivity (Wildman–Crippen MR) is 86.0 cm³/mol. The van der Waals surface area contributed by atoms with Crippen LogP contribution in [0.3, 0.4) is 0 Å². The van der Waals surface area contributed by atoms with E-state index >= 15 is 0 Å². The highest BCUT2D eigenvalue weighted by atomic mass is 79.9. The molecule has 0 spiro atoms. The second kappa shape index (κ2) is 5.88. The third-order valence-corrected chi connectivity index (χ3v) is 3.82. The molecule has 0 bridgehead atoms. The summed E-state index contributed by atoms with van der Waals surface area (Å²) in [5, 5.41) is 0. The zero-order chi connectivity index (χ0) is 15.7. The summed E-state index contributed by atoms with van der Waals surface area (Å²) in [6.07, 6.45) is 0. The fourth-order valence-corrected chi connectivity index (χ4v) is 2.61. The van der Waals surface area contributed by atoms with E-state index in [2.05, 4.69) is 25.9 Å². The van der Waals surface area contributed by atoms with Crippen LogP contribution in [0.5, 0.6) is 0 Å². The number of fused-ring (bicyclic) bond motifs is 1. The molecule has 0 radical (unpaired) electrons. The second-order valence-electron chi connectivity index (χ2n) is 4.99. The number of aromatic amines is 1. The number of H-pyrrole nitrogens is 1. The Morgan fingerprint density at radius 2 is 2.09 bits per heavy atom. The van der Waals surface area contributed by atoms with E-state index < -0.39 is 5.82 Å². The molecule has 0 atom stereocenters. The molecule has 0 saturated carbocycles. The van der Waals surface area contributed by atoms with Gasteiger partial charge in [0, 0.05) is 11.5 Å². The molecular formula is C16H13BrFN3O. The first kappa shape index (κ1) is 14.7. The van der Waals surface area contributed by atoms with Gasteiger partial charge in [-0.1, -0.05) is 28.1 Å². The molecule has 0 fully saturated rings. The number of carbonyl (C=O) groups is 1. The highest BCUT2D eigenvalue weighted by Gasteiger charge is 2.18. The molecule has 1 heterocycles. The molecule has 1 N–H and O–H groups in total. The molecule has 0 aliphatic rings. The summed E-state index contributed by atoms with van der Waals surface area (Å²) in [7, 11) is 1.62. The predicted octanol–water partition coefficient (Wildman–Crippen LogP) is 3.74. The van der Waals surface area contributed by atoms with Crippen LogP contribution in [0.1, 0.15) is 16.2 Å². The van der Waals surface area contributed by atoms with Gasteiger partial charge >= 0.3 is 0 Å². The maximum Gasteiger partial charge on any atom is 0.257 e. The number of carbonyl (C=O) groups excluding carboxylic acids is 1. The van der Waals surface area contributed by atoms with Crippen LogP contribution in [0.25, 0.3) is 11.0 Å². The number of aromatic nitrogens is 2. The van der Waals surface area contributed by atoms with Crippen LogP contribution in [0.4, 0.5) is 4.39 Å². The molecule has 0 unspecified atom stereocenters. The SMILES string of the molecule is CN(Cc1nc2ccccc2[nH]1)C(=O)c1cc(Br)ccc1F. The standard InChI is InChI=1S/C16H13BrFN3O/c1-21(16(22)11-8-10(17)6-7-12(11)18)9-15-19-13-4-2-3-5-14(13)20-15/h2-8H,9H2,1H3,(H,19,20). The largest absolute Gasteiger partial charge is 0.340 e. The lowest BCUT2D eigenvalue weighted by Gasteiger charge is -2.16. The summed E-state index contributed by atoms with van der Waals surface area (Å²) >= 11 is 3.25. The minimum Gasteiger partial charge on any atom is -0.340 e. The maximum atomic E-state index is 13.8. The molecule has 0 aliphatic carbocycles. The van der Waals surface area contributed by atoms with Crippen molar-refractivity contribution in [2.75, 3.05) is 7.05 Å². The third-order valence-electron chi connectivity index (χ3n) is 3.33. The van der Waals surface area contributed by atoms with E-state index in [4.69, 9.17) is 0 Å². The van der Waals surface area contributed by atoms with Gasteiger partial charge in [-0.05, 0) is 30.3 Å². The van der Waals surface area contributed by atoms with Crippen molar-refractivity contribution in [1.29, 1.82) is 0 Å². The number of para-hydroxylation sites is 2. The number of imidazole rings is 1. The molecule has 6 heteroatoms. The van der Waals surface area contributed by atoms with Gasteiger partial charge in [0.1, 0.15) is 11.6 Å². The average Bonchev–Trinajstić information content (AvgIpc) is 2.91. The Labute approximate surface area is 135 Å². The number of hydrogen-bond acceptors (Lipinski definition) is 2. The number of halogens is 2. The normalized spacial score (nSPS) is 10.9. The summed E-state index contributed by atoms with van der Waals surface area (Å²) in [4.78, 5) is 21.4. The molecule has 112 valence electrons. The molecule has 2 aromatic carbocycles. The lowest BCUT2D eigenvalue weighted by atomic mass is 10.2. The highest BCUT2D eigenvalue weighted by molar-refractivity contribution is 9.10. The van der Waals surface area contributed by atoms with Crippen molar-refractivity contribution >= 4 is 32.9 Å². The van der Waals surface area contributed by atoms with Crippen molar-refractivity contribution in [3.8, 4) is 0 Å². The van der Waals surface area contributed by atoms with Gasteiger partial charge in [0.25, 0.3) is 5.91 Å². The zero-order valence-electron chi connectivity index (χ0n) is 11.8. The minimum absolute atomic E-state index is 0.0352. The van der Waals surface area contributed by atoms with Gasteiger partial charge in [-0.15, -0.1) is 0 Å². The van der Waals surface area contributed by atoms with E-state index in [0.29, 0.717) is 10.3 Å². The monoisotopic (exact) mass is 361 g/mol. The number of nitrogens with one attached hydrogen (secondary N) is 1. The first-order valence-electron chi connectivity index (χ1n) is 6.69. The van der Waals surface area contributed by atoms with Crippen LogP contribution < -0.4 is 0 Å². The number of hydrogen-bond donors (Lipinski definition) is 1. The van der Waals surface area contributed by atoms with Gasteiger partial charge < -0.3 is 9.88 Å². The Hall–Kier alpha value is -2.21. The minimum atomic E-state index is -0.537. The first-order valence-corrected chi connectivity index (χ1v) is 7.48. The fourth-order valence-electron chi connectivity index (χ4n) is 2.24. The molecule has 22 heavy (non-hydrogen) atoms. The van der Waals surface area contributed by atoms with Gasteiger partial charge in [0.15, 0.2) is 0 Å². The van der Waals surface area contributed by atoms with E-state index in [1.165, 1.54) is 17.0 Å². The van der Waals surface area contributed by atoms with E-state index in [-0.39, 0.29) is 18.0 Å². The lowest BCUT2D eigenvalue weighted by molar-refractivity contribution is 0.0777. The van der Waals surface area contributed by atoms with Gasteiger partial charge in [-0.2, -0.15) is 0 Å². The van der Waals surface area contributed by atoms with E-state index in [0.717, 1.165) is 11.0 Å². The molecular weight excluding hydrogens is 349 g/mol. The highest BCUT2D eigenvalue weighted by Crippen LogP contribution is 2.18. The quantitative estimate of drug-likeness (QED) is 0.772. The molecule has 0 saturated heterocycles. The summed E-state index contributed by atoms with van der Waals surface area (Å²) in [5.74, 6) is -0.267. The molecule has 3 rings (SSSR count). The van der Waals surface area contributed by atoms with Gasteiger partial charge in [0.05, 0.1) is 23.1 Å². The van der Waals surface area contributed by atoms with Gasteiger partial charge in [0.2, 0.25) is 0 Å².